The van der Waals surface area contributed by atoms with Crippen LogP contribution >= 0.6 is 15.9 Å². The van der Waals surface area contributed by atoms with E-state index in [4.69, 9.17) is 0 Å². The molecule has 0 spiro atoms. The fourth-order valence-corrected chi connectivity index (χ4v) is 1.54. The van der Waals surface area contributed by atoms with Crippen LogP contribution in [0.25, 0.3) is 11.4 Å². The smallest absolute Gasteiger partial charge is 0.282 e. The Labute approximate surface area is 104 Å². The predicted octanol–water partition coefficient (Wildman–Crippen LogP) is 2.05. The molecule has 17 heavy (non-hydrogen) atoms. The lowest BCUT2D eigenvalue weighted by atomic mass is 10.2. The molecule has 86 valence electrons. The van der Waals surface area contributed by atoms with Gasteiger partial charge in [0.1, 0.15) is 5.69 Å². The average Bonchev–Trinajstić information content (AvgIpc) is 2.31. The van der Waals surface area contributed by atoms with Crippen LogP contribution in [-0.4, -0.2) is 9.91 Å². The molecule has 0 fully saturated rings. The van der Waals surface area contributed by atoms with Gasteiger partial charge in [-0.3, -0.25) is 10.1 Å². The second kappa shape index (κ2) is 4.46. The van der Waals surface area contributed by atoms with Crippen molar-refractivity contribution in [3.63, 3.8) is 0 Å². The number of halogens is 1. The van der Waals surface area contributed by atoms with Crippen LogP contribution in [0.1, 0.15) is 0 Å². The Morgan fingerprint density at radius 1 is 1.35 bits per heavy atom. The summed E-state index contributed by atoms with van der Waals surface area (Å²) in [6, 6.07) is 5.66. The van der Waals surface area contributed by atoms with Crippen molar-refractivity contribution in [2.75, 3.05) is 0 Å². The van der Waals surface area contributed by atoms with Crippen molar-refractivity contribution in [3.8, 4) is 11.4 Å². The Morgan fingerprint density at radius 3 is 2.71 bits per heavy atom. The summed E-state index contributed by atoms with van der Waals surface area (Å²) in [6.07, 6.45) is 2.62. The van der Waals surface area contributed by atoms with Crippen molar-refractivity contribution in [1.29, 1.82) is 0 Å². The minimum absolute atomic E-state index is 0.142. The Kier molecular flexibility index (Phi) is 3.01. The summed E-state index contributed by atoms with van der Waals surface area (Å²) >= 11 is 3.22. The minimum atomic E-state index is -0.553. The summed E-state index contributed by atoms with van der Waals surface area (Å²) in [5.74, 6) is 0. The molecule has 2 heterocycles. The molecule has 0 saturated heterocycles. The summed E-state index contributed by atoms with van der Waals surface area (Å²) < 4.78 is 1.31. The number of nitro groups is 1. The number of aromatic nitrogens is 2. The van der Waals surface area contributed by atoms with Gasteiger partial charge >= 0.3 is 0 Å². The van der Waals surface area contributed by atoms with Crippen molar-refractivity contribution in [1.82, 2.24) is 4.98 Å². The van der Waals surface area contributed by atoms with Gasteiger partial charge in [-0.15, -0.1) is 0 Å². The summed E-state index contributed by atoms with van der Waals surface area (Å²) in [4.78, 5) is 14.1. The van der Waals surface area contributed by atoms with Gasteiger partial charge in [0.25, 0.3) is 5.69 Å². The lowest BCUT2D eigenvalue weighted by molar-refractivity contribution is -0.594. The van der Waals surface area contributed by atoms with Gasteiger partial charge in [0, 0.05) is 10.7 Å². The quantitative estimate of drug-likeness (QED) is 0.367. The molecular weight excluding hydrogens is 290 g/mol. The Bertz CT molecular complexity index is 572. The molecule has 0 bridgehead atoms. The number of pyridine rings is 2. The predicted molar refractivity (Wildman–Crippen MR) is 63.0 cm³/mol. The van der Waals surface area contributed by atoms with Crippen LogP contribution in [0.15, 0.2) is 41.1 Å². The summed E-state index contributed by atoms with van der Waals surface area (Å²) in [7, 11) is 0. The largest absolute Gasteiger partial charge is 0.618 e. The van der Waals surface area contributed by atoms with Crippen LogP contribution in [0.4, 0.5) is 5.69 Å². The van der Waals surface area contributed by atoms with Crippen LogP contribution in [0.5, 0.6) is 0 Å². The molecule has 2 aromatic rings. The Morgan fingerprint density at radius 2 is 2.12 bits per heavy atom. The Hall–Kier alpha value is -2.02. The zero-order valence-electron chi connectivity index (χ0n) is 8.41. The maximum absolute atomic E-state index is 11.5. The Balaban J connectivity index is 2.54. The molecule has 2 aromatic heterocycles. The molecule has 0 aliphatic heterocycles. The van der Waals surface area contributed by atoms with Crippen molar-refractivity contribution in [2.45, 2.75) is 0 Å². The zero-order valence-corrected chi connectivity index (χ0v) is 9.99. The monoisotopic (exact) mass is 295 g/mol. The van der Waals surface area contributed by atoms with Gasteiger partial charge in [-0.1, -0.05) is 0 Å². The molecule has 0 radical (unpaired) electrons. The summed E-state index contributed by atoms with van der Waals surface area (Å²) in [5.41, 5.74) is 0.385. The second-order valence-electron chi connectivity index (χ2n) is 3.21. The molecule has 2 rings (SSSR count). The van der Waals surface area contributed by atoms with E-state index in [1.807, 2.05) is 0 Å². The summed E-state index contributed by atoms with van der Waals surface area (Å²) in [5, 5.41) is 22.1. The first kappa shape index (κ1) is 11.5. The third-order valence-electron chi connectivity index (χ3n) is 2.10. The fourth-order valence-electron chi connectivity index (χ4n) is 1.30. The highest BCUT2D eigenvalue weighted by Crippen LogP contribution is 2.19. The normalized spacial score (nSPS) is 10.2. The van der Waals surface area contributed by atoms with E-state index in [1.54, 1.807) is 12.1 Å². The molecule has 0 aliphatic carbocycles. The number of hydrogen-bond acceptors (Lipinski definition) is 4. The molecule has 0 aliphatic rings. The zero-order chi connectivity index (χ0) is 12.4. The topological polar surface area (TPSA) is 83.0 Å². The van der Waals surface area contributed by atoms with E-state index in [-0.39, 0.29) is 11.4 Å². The summed E-state index contributed by atoms with van der Waals surface area (Å²) in [6.45, 7) is 0. The van der Waals surface area contributed by atoms with Gasteiger partial charge in [-0.2, -0.15) is 4.73 Å². The first-order chi connectivity index (χ1) is 8.08. The fraction of sp³-hybridized carbons (Fsp3) is 0. The van der Waals surface area contributed by atoms with Crippen molar-refractivity contribution in [2.24, 2.45) is 0 Å². The highest BCUT2D eigenvalue weighted by atomic mass is 79.9. The molecule has 0 atom stereocenters. The van der Waals surface area contributed by atoms with Crippen LogP contribution in [-0.2, 0) is 0 Å². The van der Waals surface area contributed by atoms with Crippen LogP contribution < -0.4 is 4.73 Å². The third kappa shape index (κ3) is 2.39. The highest BCUT2D eigenvalue weighted by Gasteiger charge is 2.16. The van der Waals surface area contributed by atoms with E-state index in [0.717, 1.165) is 16.7 Å². The van der Waals surface area contributed by atoms with E-state index in [1.165, 1.54) is 12.3 Å². The maximum atomic E-state index is 11.5. The number of rotatable bonds is 2. The van der Waals surface area contributed by atoms with Crippen molar-refractivity contribution >= 4 is 21.6 Å². The van der Waals surface area contributed by atoms with Gasteiger partial charge < -0.3 is 5.21 Å². The van der Waals surface area contributed by atoms with E-state index < -0.39 is 4.92 Å². The molecular formula is C10H6BrN3O3. The molecule has 0 saturated carbocycles. The molecule has 0 N–H and O–H groups in total. The molecule has 6 nitrogen and oxygen atoms in total. The van der Waals surface area contributed by atoms with E-state index in [9.17, 15) is 15.3 Å². The molecule has 0 aromatic carbocycles. The van der Waals surface area contributed by atoms with E-state index >= 15 is 0 Å². The average molecular weight is 296 g/mol. The first-order valence-corrected chi connectivity index (χ1v) is 5.37. The highest BCUT2D eigenvalue weighted by molar-refractivity contribution is 9.10. The minimum Gasteiger partial charge on any atom is -0.618 e. The standard InChI is InChI=1S/C10H6BrN3O3/c11-7-1-2-9(12-6-7)10-5-8(14(16)17)3-4-13(10)15/h1-6H. The van der Waals surface area contributed by atoms with E-state index in [0.29, 0.717) is 10.4 Å². The maximum Gasteiger partial charge on any atom is 0.282 e. The van der Waals surface area contributed by atoms with Gasteiger partial charge in [0.2, 0.25) is 5.69 Å². The second-order valence-corrected chi connectivity index (χ2v) is 4.13. The number of nitrogens with zero attached hydrogens (tertiary/aromatic N) is 3. The van der Waals surface area contributed by atoms with Crippen molar-refractivity contribution < 1.29 is 9.65 Å². The molecule has 0 amide bonds. The molecule has 0 unspecified atom stereocenters. The van der Waals surface area contributed by atoms with Gasteiger partial charge in [-0.25, -0.2) is 4.98 Å². The SMILES string of the molecule is O=[N+]([O-])c1cc[n+]([O-])c(-c2ccc(Br)cn2)c1. The van der Waals surface area contributed by atoms with Gasteiger partial charge in [0.05, 0.1) is 17.1 Å². The van der Waals surface area contributed by atoms with Crippen LogP contribution in [0, 0.1) is 15.3 Å². The van der Waals surface area contributed by atoms with Gasteiger partial charge in [0.15, 0.2) is 6.20 Å². The third-order valence-corrected chi connectivity index (χ3v) is 2.57. The van der Waals surface area contributed by atoms with E-state index in [2.05, 4.69) is 20.9 Å². The van der Waals surface area contributed by atoms with Crippen molar-refractivity contribution in [3.05, 3.63) is 56.5 Å². The van der Waals surface area contributed by atoms with Gasteiger partial charge in [-0.05, 0) is 28.1 Å². The lowest BCUT2D eigenvalue weighted by Gasteiger charge is -2.03. The van der Waals surface area contributed by atoms with Crippen LogP contribution in [0.3, 0.4) is 0 Å². The molecule has 7 heteroatoms. The van der Waals surface area contributed by atoms with Crippen LogP contribution in [0.2, 0.25) is 0 Å². The number of hydrogen-bond donors (Lipinski definition) is 0. The lowest BCUT2D eigenvalue weighted by Crippen LogP contribution is -2.28. The first-order valence-electron chi connectivity index (χ1n) is 4.57.